The van der Waals surface area contributed by atoms with Gasteiger partial charge in [-0.25, -0.2) is 0 Å². The van der Waals surface area contributed by atoms with Crippen molar-refractivity contribution in [2.45, 2.75) is 56.8 Å². The molecule has 0 aliphatic carbocycles. The number of likely N-dealkylation sites (tertiary alicyclic amines) is 1. The highest BCUT2D eigenvalue weighted by Crippen LogP contribution is 2.42. The van der Waals surface area contributed by atoms with Gasteiger partial charge in [0, 0.05) is 72.1 Å². The molecule has 7 rings (SSSR count). The van der Waals surface area contributed by atoms with Crippen LogP contribution in [0, 0.1) is 23.7 Å². The molecule has 212 valence electrons. The fourth-order valence-corrected chi connectivity index (χ4v) is 7.42. The highest BCUT2D eigenvalue weighted by Gasteiger charge is 2.40. The van der Waals surface area contributed by atoms with Crippen LogP contribution in [0.3, 0.4) is 0 Å². The molecule has 5 heterocycles. The predicted octanol–water partition coefficient (Wildman–Crippen LogP) is 4.49. The molecule has 0 unspecified atom stereocenters. The summed E-state index contributed by atoms with van der Waals surface area (Å²) in [6, 6.07) is 16.3. The van der Waals surface area contributed by atoms with Gasteiger partial charge in [-0.3, -0.25) is 0 Å². The molecule has 1 aromatic heterocycles. The Balaban J connectivity index is 0.00000302. The molecule has 41 heavy (non-hydrogen) atoms. The van der Waals surface area contributed by atoms with Crippen molar-refractivity contribution in [1.29, 1.82) is 5.26 Å². The molecule has 4 aliphatic heterocycles. The maximum absolute atomic E-state index is 10.5. The zero-order chi connectivity index (χ0) is 27.2. The Morgan fingerprint density at radius 2 is 1.85 bits per heavy atom. The molecule has 0 amide bonds. The number of nitrogens with zero attached hydrogens (tertiary/aromatic N) is 5. The number of rotatable bonds is 5. The van der Waals surface area contributed by atoms with E-state index in [1.807, 2.05) is 12.1 Å². The molecule has 8 heteroatoms. The van der Waals surface area contributed by atoms with E-state index >= 15 is 0 Å². The summed E-state index contributed by atoms with van der Waals surface area (Å²) in [5.74, 6) is 4.43. The monoisotopic (exact) mass is 568 g/mol. The molecule has 0 saturated carbocycles. The fraction of sp³-hybridized carbons (Fsp3) is 0.455. The smallest absolute Gasteiger partial charge is 0.234 e. The third-order valence-electron chi connectivity index (χ3n) is 9.54. The van der Waals surface area contributed by atoms with Crippen LogP contribution in [0.15, 0.2) is 36.4 Å². The van der Waals surface area contributed by atoms with Crippen LogP contribution in [-0.2, 0) is 13.0 Å². The van der Waals surface area contributed by atoms with Crippen LogP contribution in [0.4, 0.5) is 11.5 Å². The van der Waals surface area contributed by atoms with E-state index in [1.54, 1.807) is 0 Å². The Kier molecular flexibility index (Phi) is 7.70. The maximum atomic E-state index is 10.5. The minimum absolute atomic E-state index is 0. The number of halogens is 1. The zero-order valence-corrected chi connectivity index (χ0v) is 24.4. The van der Waals surface area contributed by atoms with Crippen molar-refractivity contribution >= 4 is 34.7 Å². The Morgan fingerprint density at radius 3 is 2.56 bits per heavy atom. The number of benzene rings is 2. The Bertz CT molecular complexity index is 1520. The lowest BCUT2D eigenvalue weighted by Crippen LogP contribution is -2.53. The number of aromatic nitrogens is 1. The van der Waals surface area contributed by atoms with Crippen molar-refractivity contribution in [3.05, 3.63) is 58.7 Å². The van der Waals surface area contributed by atoms with E-state index in [1.165, 1.54) is 24.8 Å². The van der Waals surface area contributed by atoms with Crippen molar-refractivity contribution in [1.82, 2.24) is 15.2 Å². The third kappa shape index (κ3) is 4.77. The van der Waals surface area contributed by atoms with Gasteiger partial charge in [-0.05, 0) is 63.2 Å². The van der Waals surface area contributed by atoms with Gasteiger partial charge >= 0.3 is 0 Å². The summed E-state index contributed by atoms with van der Waals surface area (Å²) in [6.07, 6.45) is 11.4. The van der Waals surface area contributed by atoms with Gasteiger partial charge in [0.15, 0.2) is 0 Å². The number of pyridine rings is 1. The molecular formula is C33H37ClN6O. The van der Waals surface area contributed by atoms with E-state index in [0.29, 0.717) is 42.7 Å². The quantitative estimate of drug-likeness (QED) is 0.455. The van der Waals surface area contributed by atoms with Crippen molar-refractivity contribution < 1.29 is 4.74 Å². The number of likely N-dealkylation sites (N-methyl/N-ethyl adjacent to an activating group) is 1. The van der Waals surface area contributed by atoms with Crippen LogP contribution in [0.25, 0.3) is 10.8 Å². The standard InChI is InChI=1S/C33H36N6O.ClH/c1-3-22-7-4-8-23-9-5-11-30(31(22)23)38-16-14-27-29(20-38)28(17-34)33(40-21-26-10-6-15-37(26)2)36-32(27)39-24-12-13-25(39)19-35-18-24;/h1,4-5,7-9,11,24-26,35H,6,10,12-16,18-21H2,2H3;1H/t24-,25+,26-;/m0./s1. The molecule has 4 aliphatic rings. The topological polar surface area (TPSA) is 67.7 Å². The summed E-state index contributed by atoms with van der Waals surface area (Å²) in [4.78, 5) is 12.5. The van der Waals surface area contributed by atoms with E-state index in [-0.39, 0.29) is 12.4 Å². The number of fused-ring (bicyclic) bond motifs is 4. The Morgan fingerprint density at radius 1 is 1.07 bits per heavy atom. The highest BCUT2D eigenvalue weighted by atomic mass is 35.5. The van der Waals surface area contributed by atoms with Crippen LogP contribution in [0.5, 0.6) is 5.88 Å². The predicted molar refractivity (Wildman–Crippen MR) is 166 cm³/mol. The average molecular weight is 569 g/mol. The van der Waals surface area contributed by atoms with E-state index in [9.17, 15) is 5.26 Å². The van der Waals surface area contributed by atoms with Gasteiger partial charge in [-0.2, -0.15) is 10.2 Å². The number of anilines is 2. The first kappa shape index (κ1) is 27.7. The molecule has 3 atom stereocenters. The SMILES string of the molecule is C#Cc1cccc2cccc(N3CCc4c(N5[C@@H]6CC[C@H]5CNC6)nc(OC[C@@H]5CCCN5C)c(C#N)c4C3)c12.Cl. The first-order valence-electron chi connectivity index (χ1n) is 14.7. The van der Waals surface area contributed by atoms with Crippen molar-refractivity contribution in [3.63, 3.8) is 0 Å². The van der Waals surface area contributed by atoms with E-state index in [4.69, 9.17) is 16.1 Å². The first-order valence-corrected chi connectivity index (χ1v) is 14.7. The second-order valence-electron chi connectivity index (χ2n) is 11.7. The average Bonchev–Trinajstić information content (AvgIpc) is 3.51. The zero-order valence-electron chi connectivity index (χ0n) is 23.6. The number of ether oxygens (including phenoxy) is 1. The minimum Gasteiger partial charge on any atom is -0.475 e. The van der Waals surface area contributed by atoms with Crippen LogP contribution in [-0.4, -0.2) is 67.8 Å². The normalized spacial score (nSPS) is 23.5. The fourth-order valence-electron chi connectivity index (χ4n) is 7.42. The summed E-state index contributed by atoms with van der Waals surface area (Å²) in [7, 11) is 2.16. The molecular weight excluding hydrogens is 532 g/mol. The Labute approximate surface area is 248 Å². The van der Waals surface area contributed by atoms with Gasteiger partial charge in [0.2, 0.25) is 5.88 Å². The van der Waals surface area contributed by atoms with Crippen molar-refractivity contribution in [3.8, 4) is 24.3 Å². The molecule has 3 fully saturated rings. The van der Waals surface area contributed by atoms with Gasteiger partial charge in [-0.15, -0.1) is 18.8 Å². The van der Waals surface area contributed by atoms with Crippen molar-refractivity contribution in [2.24, 2.45) is 0 Å². The summed E-state index contributed by atoms with van der Waals surface area (Å²) >= 11 is 0. The summed E-state index contributed by atoms with van der Waals surface area (Å²) in [6.45, 7) is 5.08. The molecule has 0 spiro atoms. The number of hydrogen-bond acceptors (Lipinski definition) is 7. The number of nitrogens with one attached hydrogen (secondary N) is 1. The van der Waals surface area contributed by atoms with Crippen LogP contribution >= 0.6 is 12.4 Å². The number of piperazine rings is 1. The number of nitriles is 1. The highest BCUT2D eigenvalue weighted by molar-refractivity contribution is 5.99. The lowest BCUT2D eigenvalue weighted by atomic mass is 9.93. The molecule has 7 nitrogen and oxygen atoms in total. The maximum Gasteiger partial charge on any atom is 0.234 e. The minimum atomic E-state index is 0. The van der Waals surface area contributed by atoms with Gasteiger partial charge < -0.3 is 24.8 Å². The molecule has 1 N–H and O–H groups in total. The lowest BCUT2D eigenvalue weighted by molar-refractivity contribution is 0.192. The summed E-state index contributed by atoms with van der Waals surface area (Å²) in [5.41, 5.74) is 4.88. The van der Waals surface area contributed by atoms with Crippen LogP contribution in [0.1, 0.15) is 47.9 Å². The number of terminal acetylenes is 1. The van der Waals surface area contributed by atoms with Crippen molar-refractivity contribution in [2.75, 3.05) is 49.6 Å². The van der Waals surface area contributed by atoms with E-state index < -0.39 is 0 Å². The van der Waals surface area contributed by atoms with E-state index in [0.717, 1.165) is 72.4 Å². The Hall–Kier alpha value is -3.49. The molecule has 2 bridgehead atoms. The van der Waals surface area contributed by atoms with E-state index in [2.05, 4.69) is 63.3 Å². The first-order chi connectivity index (χ1) is 19.7. The van der Waals surface area contributed by atoms with Gasteiger partial charge in [-0.1, -0.05) is 30.2 Å². The molecule has 2 aromatic carbocycles. The molecule has 3 saturated heterocycles. The van der Waals surface area contributed by atoms with Gasteiger partial charge in [0.1, 0.15) is 24.1 Å². The molecule has 0 radical (unpaired) electrons. The molecule has 3 aromatic rings. The second kappa shape index (κ2) is 11.4. The van der Waals surface area contributed by atoms with Crippen LogP contribution < -0.4 is 19.9 Å². The largest absolute Gasteiger partial charge is 0.475 e. The third-order valence-corrected chi connectivity index (χ3v) is 9.54. The van der Waals surface area contributed by atoms with Gasteiger partial charge in [0.05, 0.1) is 0 Å². The summed E-state index contributed by atoms with van der Waals surface area (Å²) < 4.78 is 6.46. The van der Waals surface area contributed by atoms with Gasteiger partial charge in [0.25, 0.3) is 0 Å². The lowest BCUT2D eigenvalue weighted by Gasteiger charge is -2.40. The van der Waals surface area contributed by atoms with Crippen LogP contribution in [0.2, 0.25) is 0 Å². The number of hydrogen-bond donors (Lipinski definition) is 1. The second-order valence-corrected chi connectivity index (χ2v) is 11.7. The summed E-state index contributed by atoms with van der Waals surface area (Å²) in [5, 5.41) is 16.3.